The molecule has 12 aromatic carbocycles. The van der Waals surface area contributed by atoms with Gasteiger partial charge in [-0.2, -0.15) is 0 Å². The molecule has 0 radical (unpaired) electrons. The first-order chi connectivity index (χ1) is 61.1. The molecular weight excluding hydrogens is 1510 g/mol. The summed E-state index contributed by atoms with van der Waals surface area (Å²) < 4.78 is 13.7. The van der Waals surface area contributed by atoms with E-state index in [1.807, 2.05) is 91.8 Å². The second kappa shape index (κ2) is 25.0. The maximum absolute atomic E-state index is 5.15. The van der Waals surface area contributed by atoms with Crippen LogP contribution in [0.5, 0.6) is 0 Å². The second-order valence-electron chi connectivity index (χ2n) is 32.6. The van der Waals surface area contributed by atoms with E-state index < -0.39 is 0 Å². The van der Waals surface area contributed by atoms with Gasteiger partial charge in [0.2, 0.25) is 0 Å². The van der Waals surface area contributed by atoms with Crippen LogP contribution in [0.3, 0.4) is 0 Å². The molecule has 0 bridgehead atoms. The predicted octanol–water partition coefficient (Wildman–Crippen LogP) is 24.8. The van der Waals surface area contributed by atoms with Crippen molar-refractivity contribution in [1.29, 1.82) is 0 Å². The number of para-hydroxylation sites is 6. The number of fused-ring (bicyclic) bond motifs is 47. The molecule has 0 amide bonds. The largest absolute Gasteiger partial charge is 0.309 e. The zero-order valence-corrected chi connectivity index (χ0v) is 65.7. The minimum Gasteiger partial charge on any atom is -0.309 e. The molecule has 27 aromatic rings. The van der Waals surface area contributed by atoms with Crippen molar-refractivity contribution in [2.45, 2.75) is 19.3 Å². The summed E-state index contributed by atoms with van der Waals surface area (Å²) >= 11 is 0. The summed E-state index contributed by atoms with van der Waals surface area (Å²) in [5.74, 6) is 0. The van der Waals surface area contributed by atoms with Gasteiger partial charge in [-0.05, 0) is 236 Å². The van der Waals surface area contributed by atoms with Crippen LogP contribution < -0.4 is 0 Å². The second-order valence-corrected chi connectivity index (χ2v) is 32.6. The molecule has 15 nitrogen and oxygen atoms in total. The van der Waals surface area contributed by atoms with Gasteiger partial charge in [0.15, 0.2) is 16.9 Å². The van der Waals surface area contributed by atoms with Gasteiger partial charge < -0.3 is 13.7 Å². The van der Waals surface area contributed by atoms with Crippen LogP contribution in [0.15, 0.2) is 347 Å². The fourth-order valence-corrected chi connectivity index (χ4v) is 21.6. The number of benzene rings is 12. The Hall–Kier alpha value is -16.7. The molecule has 15 heterocycles. The van der Waals surface area contributed by atoms with Crippen molar-refractivity contribution in [2.24, 2.45) is 0 Å². The van der Waals surface area contributed by atoms with Gasteiger partial charge in [0.05, 0.1) is 33.1 Å². The molecule has 0 unspecified atom stereocenters. The van der Waals surface area contributed by atoms with Gasteiger partial charge in [0.25, 0.3) is 0 Å². The minimum atomic E-state index is 0.841. The molecule has 0 saturated heterocycles. The standard InChI is InChI=1S/3C36H21N5/c1-2-8-22(9-3-1)40-30-13-5-4-10-23(30)26-15-14-21-20-28-25(31(21)33(26)40)17-16-24-27-11-6-18-37-34(27)41-35-29(12-7-19-38-35)39-36(41)32(24)28;1-2-8-21(9-3-1)40-30-13-5-4-10-26(30)32-27-20-28-22(23(27)16-17-31(32)40)14-15-24-25-11-6-18-37-34(25)41-35-29(12-7-19-38-35)39-36(41)33(24)28;1-2-8-22(9-3-1)40-31-13-5-4-10-24(31)28-18-21-19-29-23(27(21)20-32(28)40)14-15-25-26-11-6-16-37-34(26)41-35-30(12-7-17-38-35)39-36(41)33(25)29/h2*1-19H,20H2;1-18,20H,19H2. The number of imidazole rings is 3. The Kier molecular flexibility index (Phi) is 13.5. The summed E-state index contributed by atoms with van der Waals surface area (Å²) in [5, 5.41) is 18.2. The third kappa shape index (κ3) is 9.12. The van der Waals surface area contributed by atoms with E-state index in [2.05, 4.69) is 282 Å². The van der Waals surface area contributed by atoms with Crippen molar-refractivity contribution in [3.05, 3.63) is 380 Å². The van der Waals surface area contributed by atoms with Crippen LogP contribution in [0, 0.1) is 0 Å². The summed E-state index contributed by atoms with van der Waals surface area (Å²) in [6.45, 7) is 0. The van der Waals surface area contributed by atoms with Crippen LogP contribution in [0.1, 0.15) is 33.4 Å². The third-order valence-electron chi connectivity index (χ3n) is 26.5. The first-order valence-corrected chi connectivity index (χ1v) is 41.8. The topological polar surface area (TPSA) is 144 Å². The first-order valence-electron chi connectivity index (χ1n) is 41.8. The number of hydrogen-bond acceptors (Lipinski definition) is 9. The predicted molar refractivity (Wildman–Crippen MR) is 498 cm³/mol. The molecule has 30 rings (SSSR count). The van der Waals surface area contributed by atoms with E-state index in [1.54, 1.807) is 0 Å². The smallest absolute Gasteiger partial charge is 0.166 e. The van der Waals surface area contributed by atoms with Gasteiger partial charge >= 0.3 is 0 Å². The molecular formula is C108H63N15. The highest BCUT2D eigenvalue weighted by Crippen LogP contribution is 2.53. The summed E-state index contributed by atoms with van der Waals surface area (Å²) in [5.41, 5.74) is 37.4. The van der Waals surface area contributed by atoms with E-state index in [0.29, 0.717) is 0 Å². The molecule has 3 aliphatic carbocycles. The highest BCUT2D eigenvalue weighted by molar-refractivity contribution is 6.23. The molecule has 0 saturated carbocycles. The minimum absolute atomic E-state index is 0.841. The monoisotopic (exact) mass is 1570 g/mol. The maximum atomic E-state index is 5.15. The Labute approximate surface area is 698 Å². The third-order valence-corrected chi connectivity index (χ3v) is 26.5. The van der Waals surface area contributed by atoms with Gasteiger partial charge in [0, 0.05) is 131 Å². The van der Waals surface area contributed by atoms with Gasteiger partial charge in [-0.15, -0.1) is 0 Å². The molecule has 0 spiro atoms. The van der Waals surface area contributed by atoms with Gasteiger partial charge in [-0.25, -0.2) is 44.9 Å². The SMILES string of the molecule is c1ccc(-n2c3ccccc3c3c4c(ccc32)-c2ccc3c5cccnc5n5c6ncccc6nc5c3c2C4)cc1.c1ccc(-n2c3ccccc3c3cc4c(cc32)-c2ccc3c5cccnc5n5c6ncccc6nc5c3c2C4)cc1.c1ccc(-n2c3ccccc3c3ccc4c(c32)-c2ccc3c5cccnc5n5c6ncccc6nc5c3c2C4)cc1. The molecule has 0 atom stereocenters. The van der Waals surface area contributed by atoms with E-state index in [9.17, 15) is 0 Å². The van der Waals surface area contributed by atoms with E-state index >= 15 is 0 Å². The van der Waals surface area contributed by atoms with Crippen molar-refractivity contribution in [2.75, 3.05) is 0 Å². The van der Waals surface area contributed by atoms with Crippen molar-refractivity contribution in [3.8, 4) is 50.4 Å². The van der Waals surface area contributed by atoms with E-state index in [-0.39, 0.29) is 0 Å². The van der Waals surface area contributed by atoms with E-state index in [0.717, 1.165) is 103 Å². The number of pyridine rings is 9. The Morgan fingerprint density at radius 1 is 0.203 bits per heavy atom. The van der Waals surface area contributed by atoms with Gasteiger partial charge in [-0.3, -0.25) is 13.2 Å². The highest BCUT2D eigenvalue weighted by atomic mass is 15.1. The molecule has 123 heavy (non-hydrogen) atoms. The molecule has 3 aliphatic rings. The van der Waals surface area contributed by atoms with E-state index in [1.165, 1.54) is 182 Å². The van der Waals surface area contributed by atoms with Crippen LogP contribution in [0.25, 0.3) is 232 Å². The fourth-order valence-electron chi connectivity index (χ4n) is 21.6. The molecule has 15 aromatic heterocycles. The summed E-state index contributed by atoms with van der Waals surface area (Å²) in [4.78, 5) is 44.0. The summed E-state index contributed by atoms with van der Waals surface area (Å²) in [6, 6.07) is 111. The number of rotatable bonds is 3. The molecule has 15 heteroatoms. The Morgan fingerprint density at radius 2 is 0.569 bits per heavy atom. The van der Waals surface area contributed by atoms with Gasteiger partial charge in [0.1, 0.15) is 50.4 Å². The average molecular weight is 1570 g/mol. The lowest BCUT2D eigenvalue weighted by atomic mass is 9.97. The van der Waals surface area contributed by atoms with Crippen molar-refractivity contribution in [3.63, 3.8) is 0 Å². The summed E-state index contributed by atoms with van der Waals surface area (Å²) in [7, 11) is 0. The number of nitrogens with zero attached hydrogens (tertiary/aromatic N) is 15. The van der Waals surface area contributed by atoms with Crippen LogP contribution in [0.4, 0.5) is 0 Å². The van der Waals surface area contributed by atoms with Crippen molar-refractivity contribution >= 4 is 181 Å². The Balaban J connectivity index is 0.0000000946. The van der Waals surface area contributed by atoms with Crippen LogP contribution >= 0.6 is 0 Å². The fraction of sp³-hybridized carbons (Fsp3) is 0.0278. The average Bonchev–Trinajstić information content (AvgIpc) is 1.55. The molecule has 0 fully saturated rings. The molecule has 570 valence electrons. The lowest BCUT2D eigenvalue weighted by Crippen LogP contribution is -1.97. The zero-order valence-electron chi connectivity index (χ0n) is 65.7. The number of hydrogen-bond donors (Lipinski definition) is 0. The Morgan fingerprint density at radius 3 is 1.09 bits per heavy atom. The van der Waals surface area contributed by atoms with Gasteiger partial charge in [-0.1, -0.05) is 164 Å². The summed E-state index contributed by atoms with van der Waals surface area (Å²) in [6.07, 6.45) is 13.6. The normalized spacial score (nSPS) is 12.8. The first kappa shape index (κ1) is 66.4. The van der Waals surface area contributed by atoms with Crippen LogP contribution in [0.2, 0.25) is 0 Å². The van der Waals surface area contributed by atoms with Crippen molar-refractivity contribution in [1.82, 2.24) is 71.8 Å². The van der Waals surface area contributed by atoms with E-state index in [4.69, 9.17) is 44.9 Å². The van der Waals surface area contributed by atoms with Crippen molar-refractivity contribution < 1.29 is 0 Å². The molecule has 0 N–H and O–H groups in total. The number of aromatic nitrogens is 15. The molecule has 0 aliphatic heterocycles. The van der Waals surface area contributed by atoms with Crippen LogP contribution in [-0.4, -0.2) is 71.8 Å². The quantitative estimate of drug-likeness (QED) is 0.158. The highest BCUT2D eigenvalue weighted by Gasteiger charge is 2.33. The lowest BCUT2D eigenvalue weighted by Gasteiger charge is -2.13. The maximum Gasteiger partial charge on any atom is 0.166 e. The lowest BCUT2D eigenvalue weighted by molar-refractivity contribution is 1.18. The Bertz CT molecular complexity index is 9380. The zero-order chi connectivity index (χ0) is 80.0. The van der Waals surface area contributed by atoms with Crippen LogP contribution in [-0.2, 0) is 19.3 Å².